The topological polar surface area (TPSA) is 79.5 Å². The highest BCUT2D eigenvalue weighted by molar-refractivity contribution is 7.89. The lowest BCUT2D eigenvalue weighted by Gasteiger charge is -2.33. The van der Waals surface area contributed by atoms with Gasteiger partial charge in [-0.15, -0.1) is 0 Å². The number of halogens is 1. The van der Waals surface area contributed by atoms with Crippen molar-refractivity contribution in [3.63, 3.8) is 0 Å². The van der Waals surface area contributed by atoms with Crippen molar-refractivity contribution < 1.29 is 12.9 Å². The molecule has 2 heterocycles. The van der Waals surface area contributed by atoms with Crippen molar-refractivity contribution in [1.29, 1.82) is 0 Å². The Bertz CT molecular complexity index is 845. The Labute approximate surface area is 159 Å². The van der Waals surface area contributed by atoms with E-state index in [-0.39, 0.29) is 9.92 Å². The lowest BCUT2D eigenvalue weighted by Crippen LogP contribution is -2.48. The fourth-order valence-electron chi connectivity index (χ4n) is 2.91. The van der Waals surface area contributed by atoms with E-state index in [9.17, 15) is 8.42 Å². The quantitative estimate of drug-likeness (QED) is 0.743. The number of piperazine rings is 1. The third-order valence-corrected chi connectivity index (χ3v) is 6.64. The van der Waals surface area contributed by atoms with Gasteiger partial charge in [0.05, 0.1) is 11.6 Å². The van der Waals surface area contributed by atoms with Gasteiger partial charge in [0, 0.05) is 32.6 Å². The first-order valence-corrected chi connectivity index (χ1v) is 10.5. The first-order valence-electron chi connectivity index (χ1n) is 8.65. The molecule has 0 unspecified atom stereocenters. The van der Waals surface area contributed by atoms with Gasteiger partial charge in [-0.25, -0.2) is 8.42 Å². The van der Waals surface area contributed by atoms with Crippen molar-refractivity contribution in [2.24, 2.45) is 5.92 Å². The summed E-state index contributed by atoms with van der Waals surface area (Å²) in [5.41, 5.74) is 0. The second kappa shape index (κ2) is 8.04. The van der Waals surface area contributed by atoms with E-state index in [1.807, 2.05) is 0 Å². The Morgan fingerprint density at radius 3 is 2.54 bits per heavy atom. The molecule has 3 rings (SSSR count). The molecule has 1 aliphatic rings. The molecular formula is C17H23ClN4O3S. The van der Waals surface area contributed by atoms with Crippen molar-refractivity contribution in [2.45, 2.75) is 31.7 Å². The normalized spacial score (nSPS) is 17.1. The molecule has 0 radical (unpaired) electrons. The lowest BCUT2D eigenvalue weighted by molar-refractivity contribution is 0.163. The van der Waals surface area contributed by atoms with Gasteiger partial charge in [-0.1, -0.05) is 42.7 Å². The number of hydrogen-bond donors (Lipinski definition) is 0. The van der Waals surface area contributed by atoms with Crippen molar-refractivity contribution in [1.82, 2.24) is 19.3 Å². The summed E-state index contributed by atoms with van der Waals surface area (Å²) >= 11 is 6.06. The average Bonchev–Trinajstić information content (AvgIpc) is 3.01. The van der Waals surface area contributed by atoms with Crippen molar-refractivity contribution in [3.8, 4) is 0 Å². The Balaban J connectivity index is 1.59. The monoisotopic (exact) mass is 398 g/mol. The average molecular weight is 399 g/mol. The first kappa shape index (κ1) is 19.3. The van der Waals surface area contributed by atoms with Gasteiger partial charge >= 0.3 is 0 Å². The maximum atomic E-state index is 12.8. The van der Waals surface area contributed by atoms with E-state index >= 15 is 0 Å². The molecule has 2 aromatic rings. The summed E-state index contributed by atoms with van der Waals surface area (Å²) in [6.45, 7) is 6.76. The molecule has 1 saturated heterocycles. The van der Waals surface area contributed by atoms with Crippen LogP contribution in [-0.4, -0.2) is 53.9 Å². The van der Waals surface area contributed by atoms with Gasteiger partial charge in [0.1, 0.15) is 4.90 Å². The highest BCUT2D eigenvalue weighted by atomic mass is 35.5. The molecule has 7 nitrogen and oxygen atoms in total. The number of benzene rings is 1. The predicted molar refractivity (Wildman–Crippen MR) is 98.3 cm³/mol. The van der Waals surface area contributed by atoms with E-state index < -0.39 is 10.0 Å². The smallest absolute Gasteiger partial charge is 0.244 e. The molecule has 1 fully saturated rings. The zero-order valence-electron chi connectivity index (χ0n) is 14.9. The van der Waals surface area contributed by atoms with Gasteiger partial charge in [0.25, 0.3) is 0 Å². The third kappa shape index (κ3) is 4.43. The lowest BCUT2D eigenvalue weighted by atomic mass is 10.1. The largest absolute Gasteiger partial charge is 0.338 e. The molecule has 1 aromatic carbocycles. The van der Waals surface area contributed by atoms with Crippen molar-refractivity contribution >= 4 is 21.6 Å². The molecule has 26 heavy (non-hydrogen) atoms. The Morgan fingerprint density at radius 2 is 1.88 bits per heavy atom. The minimum absolute atomic E-state index is 0.158. The highest BCUT2D eigenvalue weighted by Gasteiger charge is 2.30. The summed E-state index contributed by atoms with van der Waals surface area (Å²) < 4.78 is 32.3. The predicted octanol–water partition coefficient (Wildman–Crippen LogP) is 2.43. The number of aromatic nitrogens is 2. The highest BCUT2D eigenvalue weighted by Crippen LogP contribution is 2.25. The summed E-state index contributed by atoms with van der Waals surface area (Å²) in [4.78, 5) is 6.68. The second-order valence-corrected chi connectivity index (χ2v) is 9.13. The molecule has 142 valence electrons. The Hall–Kier alpha value is -1.48. The number of rotatable bonds is 6. The molecule has 9 heteroatoms. The maximum Gasteiger partial charge on any atom is 0.244 e. The van der Waals surface area contributed by atoms with Crippen LogP contribution >= 0.6 is 11.6 Å². The summed E-state index contributed by atoms with van der Waals surface area (Å²) in [6, 6.07) is 6.53. The first-order chi connectivity index (χ1) is 12.4. The van der Waals surface area contributed by atoms with Gasteiger partial charge in [0.2, 0.25) is 15.9 Å². The fraction of sp³-hybridized carbons (Fsp3) is 0.529. The molecule has 1 aliphatic heterocycles. The number of nitrogens with zero attached hydrogens (tertiary/aromatic N) is 4. The van der Waals surface area contributed by atoms with Gasteiger partial charge < -0.3 is 4.52 Å². The van der Waals surface area contributed by atoms with Crippen LogP contribution < -0.4 is 0 Å². The maximum absolute atomic E-state index is 12.8. The van der Waals surface area contributed by atoms with E-state index in [0.717, 1.165) is 12.2 Å². The van der Waals surface area contributed by atoms with Gasteiger partial charge in [0.15, 0.2) is 5.82 Å². The van der Waals surface area contributed by atoms with E-state index in [0.29, 0.717) is 44.5 Å². The molecule has 0 spiro atoms. The zero-order chi connectivity index (χ0) is 18.7. The van der Waals surface area contributed by atoms with Crippen LogP contribution in [0, 0.1) is 5.92 Å². The van der Waals surface area contributed by atoms with Crippen LogP contribution in [0.3, 0.4) is 0 Å². The van der Waals surface area contributed by atoms with Crippen LogP contribution in [0.25, 0.3) is 0 Å². The number of sulfonamides is 1. The molecule has 0 amide bonds. The molecule has 0 bridgehead atoms. The summed E-state index contributed by atoms with van der Waals surface area (Å²) in [5.74, 6) is 1.76. The third-order valence-electron chi connectivity index (χ3n) is 4.25. The van der Waals surface area contributed by atoms with Gasteiger partial charge in [-0.05, 0) is 18.1 Å². The van der Waals surface area contributed by atoms with E-state index in [1.54, 1.807) is 24.3 Å². The van der Waals surface area contributed by atoms with Gasteiger partial charge in [-0.2, -0.15) is 9.29 Å². The fourth-order valence-corrected chi connectivity index (χ4v) is 4.83. The molecular weight excluding hydrogens is 376 g/mol. The van der Waals surface area contributed by atoms with Crippen LogP contribution in [0.2, 0.25) is 5.02 Å². The molecule has 0 atom stereocenters. The van der Waals surface area contributed by atoms with Crippen LogP contribution in [0.5, 0.6) is 0 Å². The van der Waals surface area contributed by atoms with E-state index in [4.69, 9.17) is 16.1 Å². The Kier molecular flexibility index (Phi) is 5.96. The van der Waals surface area contributed by atoms with Crippen LogP contribution in [0.15, 0.2) is 33.7 Å². The molecule has 0 aliphatic carbocycles. The summed E-state index contributed by atoms with van der Waals surface area (Å²) in [5, 5.41) is 4.24. The Morgan fingerprint density at radius 1 is 1.19 bits per heavy atom. The summed E-state index contributed by atoms with van der Waals surface area (Å²) in [6.07, 6.45) is 0.785. The van der Waals surface area contributed by atoms with Crippen molar-refractivity contribution in [2.75, 3.05) is 26.2 Å². The molecule has 0 saturated carbocycles. The van der Waals surface area contributed by atoms with Crippen LogP contribution in [0.1, 0.15) is 25.6 Å². The SMILES string of the molecule is CC(C)Cc1noc(CN2CCN(S(=O)(=O)c3ccccc3Cl)CC2)n1. The summed E-state index contributed by atoms with van der Waals surface area (Å²) in [7, 11) is -3.58. The van der Waals surface area contributed by atoms with Gasteiger partial charge in [-0.3, -0.25) is 4.90 Å². The van der Waals surface area contributed by atoms with E-state index in [1.165, 1.54) is 4.31 Å². The zero-order valence-corrected chi connectivity index (χ0v) is 16.5. The molecule has 1 aromatic heterocycles. The number of hydrogen-bond acceptors (Lipinski definition) is 6. The minimum Gasteiger partial charge on any atom is -0.338 e. The van der Waals surface area contributed by atoms with Crippen LogP contribution in [0.4, 0.5) is 0 Å². The molecule has 0 N–H and O–H groups in total. The van der Waals surface area contributed by atoms with E-state index in [2.05, 4.69) is 28.9 Å². The van der Waals surface area contributed by atoms with Crippen LogP contribution in [-0.2, 0) is 23.0 Å². The standard InChI is InChI=1S/C17H23ClN4O3S/c1-13(2)11-16-19-17(25-20-16)12-21-7-9-22(10-8-21)26(23,24)15-6-4-3-5-14(15)18/h3-6,13H,7-12H2,1-2H3. The van der Waals surface area contributed by atoms with Crippen molar-refractivity contribution in [3.05, 3.63) is 41.0 Å². The second-order valence-electron chi connectivity index (χ2n) is 6.81. The minimum atomic E-state index is -3.58.